The molecule has 1 N–H and O–H groups in total. The number of rotatable bonds is 3. The summed E-state index contributed by atoms with van der Waals surface area (Å²) in [6.07, 6.45) is 0.449. The van der Waals surface area contributed by atoms with E-state index in [0.29, 0.717) is 6.42 Å². The van der Waals surface area contributed by atoms with Gasteiger partial charge in [0.2, 0.25) is 5.91 Å². The maximum atomic E-state index is 11.1. The summed E-state index contributed by atoms with van der Waals surface area (Å²) in [7, 11) is 5.64. The van der Waals surface area contributed by atoms with Crippen molar-refractivity contribution in [2.24, 2.45) is 0 Å². The molecular weight excluding hydrogens is 176 g/mol. The van der Waals surface area contributed by atoms with Crippen molar-refractivity contribution >= 4 is 11.6 Å². The normalized spacial score (nSPS) is 9.64. The predicted molar refractivity (Wildman–Crippen MR) is 58.5 cm³/mol. The molecule has 0 spiro atoms. The molecular formula is C11H16N2O. The first-order valence-electron chi connectivity index (χ1n) is 4.60. The van der Waals surface area contributed by atoms with Crippen LogP contribution in [0.3, 0.4) is 0 Å². The number of hydrogen-bond acceptors (Lipinski definition) is 2. The van der Waals surface area contributed by atoms with Gasteiger partial charge < -0.3 is 10.2 Å². The summed E-state index contributed by atoms with van der Waals surface area (Å²) in [5.41, 5.74) is 2.18. The Morgan fingerprint density at radius 1 is 1.29 bits per heavy atom. The van der Waals surface area contributed by atoms with Gasteiger partial charge in [-0.1, -0.05) is 12.1 Å². The van der Waals surface area contributed by atoms with Gasteiger partial charge in [0.1, 0.15) is 0 Å². The van der Waals surface area contributed by atoms with Crippen molar-refractivity contribution in [2.75, 3.05) is 26.0 Å². The van der Waals surface area contributed by atoms with Crippen LogP contribution in [0.2, 0.25) is 0 Å². The fourth-order valence-corrected chi connectivity index (χ4v) is 1.19. The maximum Gasteiger partial charge on any atom is 0.224 e. The molecule has 0 heterocycles. The highest BCUT2D eigenvalue weighted by Crippen LogP contribution is 2.12. The van der Waals surface area contributed by atoms with E-state index >= 15 is 0 Å². The second kappa shape index (κ2) is 4.65. The summed E-state index contributed by atoms with van der Waals surface area (Å²) < 4.78 is 0. The van der Waals surface area contributed by atoms with E-state index in [9.17, 15) is 4.79 Å². The van der Waals surface area contributed by atoms with Gasteiger partial charge in [-0.05, 0) is 17.7 Å². The summed E-state index contributed by atoms with van der Waals surface area (Å²) in [5, 5.41) is 2.60. The second-order valence-corrected chi connectivity index (χ2v) is 3.41. The van der Waals surface area contributed by atoms with E-state index in [0.717, 1.165) is 11.3 Å². The lowest BCUT2D eigenvalue weighted by Crippen LogP contribution is -2.19. The average Bonchev–Trinajstić information content (AvgIpc) is 2.18. The van der Waals surface area contributed by atoms with Crippen LogP contribution >= 0.6 is 0 Å². The molecule has 0 saturated carbocycles. The minimum atomic E-state index is 0.0441. The molecule has 1 aromatic carbocycles. The van der Waals surface area contributed by atoms with Crippen molar-refractivity contribution < 1.29 is 4.79 Å². The molecule has 0 saturated heterocycles. The standard InChI is InChI=1S/C11H16N2O/c1-12-11(14)8-9-4-6-10(7-5-9)13(2)3/h4-7H,8H2,1-3H3,(H,12,14). The Morgan fingerprint density at radius 3 is 2.29 bits per heavy atom. The van der Waals surface area contributed by atoms with Gasteiger partial charge in [-0.2, -0.15) is 0 Å². The van der Waals surface area contributed by atoms with Crippen LogP contribution in [0.4, 0.5) is 5.69 Å². The molecule has 76 valence electrons. The summed E-state index contributed by atoms with van der Waals surface area (Å²) >= 11 is 0. The lowest BCUT2D eigenvalue weighted by atomic mass is 10.1. The van der Waals surface area contributed by atoms with Crippen LogP contribution in [0.15, 0.2) is 24.3 Å². The highest BCUT2D eigenvalue weighted by atomic mass is 16.1. The minimum Gasteiger partial charge on any atom is -0.378 e. The van der Waals surface area contributed by atoms with Crippen molar-refractivity contribution in [3.8, 4) is 0 Å². The van der Waals surface area contributed by atoms with Crippen LogP contribution in [0.5, 0.6) is 0 Å². The Morgan fingerprint density at radius 2 is 1.86 bits per heavy atom. The molecule has 0 aliphatic heterocycles. The molecule has 3 heteroatoms. The molecule has 0 unspecified atom stereocenters. The van der Waals surface area contributed by atoms with Crippen molar-refractivity contribution in [2.45, 2.75) is 6.42 Å². The Balaban J connectivity index is 2.69. The minimum absolute atomic E-state index is 0.0441. The van der Waals surface area contributed by atoms with E-state index < -0.39 is 0 Å². The van der Waals surface area contributed by atoms with Crippen LogP contribution in [0.1, 0.15) is 5.56 Å². The first kappa shape index (κ1) is 10.6. The smallest absolute Gasteiger partial charge is 0.224 e. The van der Waals surface area contributed by atoms with E-state index in [1.165, 1.54) is 0 Å². The SMILES string of the molecule is CNC(=O)Cc1ccc(N(C)C)cc1. The highest BCUT2D eigenvalue weighted by molar-refractivity contribution is 5.78. The molecule has 0 atom stereocenters. The molecule has 1 aromatic rings. The molecule has 0 bridgehead atoms. The number of likely N-dealkylation sites (N-methyl/N-ethyl adjacent to an activating group) is 1. The van der Waals surface area contributed by atoms with Crippen LogP contribution in [0, 0.1) is 0 Å². The second-order valence-electron chi connectivity index (χ2n) is 3.41. The fourth-order valence-electron chi connectivity index (χ4n) is 1.19. The van der Waals surface area contributed by atoms with Gasteiger partial charge in [0.15, 0.2) is 0 Å². The van der Waals surface area contributed by atoms with Crippen LogP contribution in [-0.2, 0) is 11.2 Å². The zero-order chi connectivity index (χ0) is 10.6. The highest BCUT2D eigenvalue weighted by Gasteiger charge is 2.00. The topological polar surface area (TPSA) is 32.3 Å². The van der Waals surface area contributed by atoms with E-state index in [1.54, 1.807) is 7.05 Å². The van der Waals surface area contributed by atoms with E-state index in [2.05, 4.69) is 5.32 Å². The van der Waals surface area contributed by atoms with Gasteiger partial charge in [-0.3, -0.25) is 4.79 Å². The average molecular weight is 192 g/mol. The molecule has 0 aliphatic rings. The number of anilines is 1. The first-order valence-corrected chi connectivity index (χ1v) is 4.60. The van der Waals surface area contributed by atoms with E-state index in [1.807, 2.05) is 43.3 Å². The van der Waals surface area contributed by atoms with Gasteiger partial charge in [0, 0.05) is 26.8 Å². The van der Waals surface area contributed by atoms with Crippen LogP contribution < -0.4 is 10.2 Å². The zero-order valence-electron chi connectivity index (χ0n) is 8.87. The molecule has 0 radical (unpaired) electrons. The Labute approximate surface area is 84.7 Å². The van der Waals surface area contributed by atoms with E-state index in [-0.39, 0.29) is 5.91 Å². The van der Waals surface area contributed by atoms with Gasteiger partial charge in [-0.15, -0.1) is 0 Å². The van der Waals surface area contributed by atoms with Gasteiger partial charge >= 0.3 is 0 Å². The summed E-state index contributed by atoms with van der Waals surface area (Å²) in [6.45, 7) is 0. The fraction of sp³-hybridized carbons (Fsp3) is 0.364. The lowest BCUT2D eigenvalue weighted by Gasteiger charge is -2.12. The molecule has 0 fully saturated rings. The Kier molecular flexibility index (Phi) is 3.51. The molecule has 3 nitrogen and oxygen atoms in total. The Bertz CT molecular complexity index is 304. The first-order chi connectivity index (χ1) is 6.63. The Hall–Kier alpha value is -1.51. The third kappa shape index (κ3) is 2.76. The van der Waals surface area contributed by atoms with Crippen molar-refractivity contribution in [3.63, 3.8) is 0 Å². The third-order valence-electron chi connectivity index (χ3n) is 2.10. The van der Waals surface area contributed by atoms with Gasteiger partial charge in [0.05, 0.1) is 6.42 Å². The number of carbonyl (C=O) groups excluding carboxylic acids is 1. The quantitative estimate of drug-likeness (QED) is 0.776. The van der Waals surface area contributed by atoms with Crippen LogP contribution in [0.25, 0.3) is 0 Å². The molecule has 1 rings (SSSR count). The third-order valence-corrected chi connectivity index (χ3v) is 2.10. The summed E-state index contributed by atoms with van der Waals surface area (Å²) in [6, 6.07) is 7.98. The summed E-state index contributed by atoms with van der Waals surface area (Å²) in [5.74, 6) is 0.0441. The van der Waals surface area contributed by atoms with E-state index in [4.69, 9.17) is 0 Å². The number of benzene rings is 1. The molecule has 14 heavy (non-hydrogen) atoms. The maximum absolute atomic E-state index is 11.1. The van der Waals surface area contributed by atoms with Crippen molar-refractivity contribution in [3.05, 3.63) is 29.8 Å². The van der Waals surface area contributed by atoms with Gasteiger partial charge in [0.25, 0.3) is 0 Å². The number of hydrogen-bond donors (Lipinski definition) is 1. The summed E-state index contributed by atoms with van der Waals surface area (Å²) in [4.78, 5) is 13.1. The number of nitrogens with one attached hydrogen (secondary N) is 1. The molecule has 0 aromatic heterocycles. The molecule has 1 amide bonds. The number of amides is 1. The lowest BCUT2D eigenvalue weighted by molar-refractivity contribution is -0.119. The number of nitrogens with zero attached hydrogens (tertiary/aromatic N) is 1. The molecule has 0 aliphatic carbocycles. The van der Waals surface area contributed by atoms with Crippen molar-refractivity contribution in [1.29, 1.82) is 0 Å². The predicted octanol–water partition coefficient (Wildman–Crippen LogP) is 1.04. The monoisotopic (exact) mass is 192 g/mol. The largest absolute Gasteiger partial charge is 0.378 e. The van der Waals surface area contributed by atoms with Crippen molar-refractivity contribution in [1.82, 2.24) is 5.32 Å². The number of carbonyl (C=O) groups is 1. The zero-order valence-corrected chi connectivity index (χ0v) is 8.87. The van der Waals surface area contributed by atoms with Gasteiger partial charge in [-0.25, -0.2) is 0 Å². The van der Waals surface area contributed by atoms with Crippen LogP contribution in [-0.4, -0.2) is 27.1 Å².